The van der Waals surface area contributed by atoms with E-state index in [1.165, 1.54) is 24.3 Å². The second-order valence-corrected chi connectivity index (χ2v) is 9.27. The molecule has 0 saturated heterocycles. The lowest BCUT2D eigenvalue weighted by atomic mass is 10.1. The van der Waals surface area contributed by atoms with Crippen LogP contribution in [0.3, 0.4) is 0 Å². The van der Waals surface area contributed by atoms with E-state index >= 15 is 0 Å². The molecule has 148 valence electrons. The molecule has 0 atom stereocenters. The fourth-order valence-corrected chi connectivity index (χ4v) is 5.29. The molecule has 2 aliphatic rings. The molecule has 4 rings (SSSR count). The highest BCUT2D eigenvalue weighted by atomic mass is 32.2. The number of rotatable bonds is 5. The molecule has 1 amide bonds. The van der Waals surface area contributed by atoms with Gasteiger partial charge in [-0.2, -0.15) is 0 Å². The van der Waals surface area contributed by atoms with Crippen molar-refractivity contribution in [1.29, 1.82) is 0 Å². The molecule has 0 bridgehead atoms. The van der Waals surface area contributed by atoms with Crippen LogP contribution in [0.2, 0.25) is 0 Å². The Morgan fingerprint density at radius 3 is 2.54 bits per heavy atom. The van der Waals surface area contributed by atoms with Crippen molar-refractivity contribution in [2.24, 2.45) is 5.92 Å². The van der Waals surface area contributed by atoms with Gasteiger partial charge in [0.1, 0.15) is 5.82 Å². The normalized spacial score (nSPS) is 17.0. The van der Waals surface area contributed by atoms with Gasteiger partial charge in [0.05, 0.1) is 5.75 Å². The molecule has 1 saturated carbocycles. The maximum atomic E-state index is 13.0. The zero-order valence-electron chi connectivity index (χ0n) is 15.5. The summed E-state index contributed by atoms with van der Waals surface area (Å²) in [6.45, 7) is 0.649. The van der Waals surface area contributed by atoms with E-state index in [0.717, 1.165) is 43.4 Å². The van der Waals surface area contributed by atoms with Gasteiger partial charge in [-0.25, -0.2) is 12.8 Å². The first kappa shape index (κ1) is 18.9. The minimum absolute atomic E-state index is 0.125. The third-order valence-corrected chi connectivity index (χ3v) is 6.75. The molecule has 7 heteroatoms. The van der Waals surface area contributed by atoms with Crippen LogP contribution < -0.4 is 9.62 Å². The van der Waals surface area contributed by atoms with E-state index in [1.807, 2.05) is 11.0 Å². The monoisotopic (exact) mass is 402 g/mol. The number of amides is 1. The first-order valence-electron chi connectivity index (χ1n) is 9.60. The number of benzene rings is 2. The van der Waals surface area contributed by atoms with Crippen LogP contribution in [0.15, 0.2) is 42.5 Å². The van der Waals surface area contributed by atoms with E-state index in [4.69, 9.17) is 0 Å². The molecular weight excluding hydrogens is 379 g/mol. The molecule has 1 heterocycles. The first-order chi connectivity index (χ1) is 13.4. The van der Waals surface area contributed by atoms with Crippen LogP contribution in [0.25, 0.3) is 0 Å². The Kier molecular flexibility index (Phi) is 5.10. The van der Waals surface area contributed by atoms with Gasteiger partial charge in [0, 0.05) is 23.8 Å². The summed E-state index contributed by atoms with van der Waals surface area (Å²) >= 11 is 0. The van der Waals surface area contributed by atoms with Gasteiger partial charge >= 0.3 is 0 Å². The van der Waals surface area contributed by atoms with Gasteiger partial charge in [-0.1, -0.05) is 25.0 Å². The fraction of sp³-hybridized carbons (Fsp3) is 0.381. The molecule has 1 aliphatic carbocycles. The minimum Gasteiger partial charge on any atom is -0.312 e. The lowest BCUT2D eigenvalue weighted by molar-refractivity contribution is -0.122. The lowest BCUT2D eigenvalue weighted by Gasteiger charge is -2.21. The van der Waals surface area contributed by atoms with E-state index < -0.39 is 15.8 Å². The molecule has 1 aliphatic heterocycles. The number of fused-ring (bicyclic) bond motifs is 1. The Labute approximate surface area is 164 Å². The molecule has 2 aromatic carbocycles. The Bertz CT molecular complexity index is 983. The van der Waals surface area contributed by atoms with Gasteiger partial charge in [0.25, 0.3) is 0 Å². The summed E-state index contributed by atoms with van der Waals surface area (Å²) < 4.78 is 40.4. The van der Waals surface area contributed by atoms with Gasteiger partial charge in [0.15, 0.2) is 0 Å². The average molecular weight is 402 g/mol. The zero-order valence-corrected chi connectivity index (χ0v) is 16.3. The molecule has 0 spiro atoms. The van der Waals surface area contributed by atoms with E-state index in [2.05, 4.69) is 4.72 Å². The zero-order chi connectivity index (χ0) is 19.7. The van der Waals surface area contributed by atoms with E-state index in [9.17, 15) is 17.6 Å². The van der Waals surface area contributed by atoms with E-state index in [1.54, 1.807) is 12.1 Å². The van der Waals surface area contributed by atoms with Crippen molar-refractivity contribution in [3.63, 3.8) is 0 Å². The maximum absolute atomic E-state index is 13.0. The Balaban J connectivity index is 1.47. The average Bonchev–Trinajstić information content (AvgIpc) is 3.32. The molecule has 5 nitrogen and oxygen atoms in total. The summed E-state index contributed by atoms with van der Waals surface area (Å²) in [5, 5.41) is 0. The number of hydrogen-bond acceptors (Lipinski definition) is 3. The van der Waals surface area contributed by atoms with Crippen molar-refractivity contribution in [3.05, 3.63) is 59.4 Å². The van der Waals surface area contributed by atoms with Gasteiger partial charge < -0.3 is 4.90 Å². The predicted octanol–water partition coefficient (Wildman–Crippen LogP) is 3.85. The molecule has 28 heavy (non-hydrogen) atoms. The van der Waals surface area contributed by atoms with Crippen molar-refractivity contribution in [2.75, 3.05) is 16.2 Å². The third-order valence-electron chi connectivity index (χ3n) is 5.49. The van der Waals surface area contributed by atoms with Crippen molar-refractivity contribution < 1.29 is 17.6 Å². The van der Waals surface area contributed by atoms with Gasteiger partial charge in [-0.15, -0.1) is 0 Å². The highest BCUT2D eigenvalue weighted by molar-refractivity contribution is 7.91. The van der Waals surface area contributed by atoms with Crippen LogP contribution in [0, 0.1) is 11.7 Å². The Hall–Kier alpha value is -2.41. The molecule has 1 N–H and O–H groups in total. The highest BCUT2D eigenvalue weighted by Crippen LogP contribution is 2.35. The Morgan fingerprint density at radius 2 is 1.82 bits per heavy atom. The van der Waals surface area contributed by atoms with Crippen LogP contribution in [0.4, 0.5) is 15.8 Å². The molecule has 2 aromatic rings. The number of sulfonamides is 1. The van der Waals surface area contributed by atoms with Gasteiger partial charge in [-0.05, 0) is 60.7 Å². The quantitative estimate of drug-likeness (QED) is 0.826. The number of nitrogens with zero attached hydrogens (tertiary/aromatic N) is 1. The van der Waals surface area contributed by atoms with Crippen molar-refractivity contribution >= 4 is 27.3 Å². The van der Waals surface area contributed by atoms with Crippen molar-refractivity contribution in [3.8, 4) is 0 Å². The first-order valence-corrected chi connectivity index (χ1v) is 11.3. The number of carbonyl (C=O) groups excluding carboxylic acids is 1. The Morgan fingerprint density at radius 1 is 1.11 bits per heavy atom. The third kappa shape index (κ3) is 4.04. The molecular formula is C21H23FN2O3S. The summed E-state index contributed by atoms with van der Waals surface area (Å²) in [5.41, 5.74) is 2.87. The highest BCUT2D eigenvalue weighted by Gasteiger charge is 2.32. The molecule has 0 aromatic heterocycles. The predicted molar refractivity (Wildman–Crippen MR) is 107 cm³/mol. The SMILES string of the molecule is O=C(C1CCCC1)N1CCc2cc(NS(=O)(=O)Cc3ccc(F)cc3)ccc21. The largest absolute Gasteiger partial charge is 0.312 e. The van der Waals surface area contributed by atoms with E-state index in [-0.39, 0.29) is 17.6 Å². The summed E-state index contributed by atoms with van der Waals surface area (Å²) in [6.07, 6.45) is 4.89. The van der Waals surface area contributed by atoms with E-state index in [0.29, 0.717) is 17.8 Å². The summed E-state index contributed by atoms with van der Waals surface area (Å²) in [7, 11) is -3.61. The fourth-order valence-electron chi connectivity index (χ4n) is 4.10. The lowest BCUT2D eigenvalue weighted by Crippen LogP contribution is -2.33. The minimum atomic E-state index is -3.61. The van der Waals surface area contributed by atoms with Gasteiger partial charge in [-0.3, -0.25) is 9.52 Å². The summed E-state index contributed by atoms with van der Waals surface area (Å²) in [4.78, 5) is 14.6. The second kappa shape index (κ2) is 7.54. The van der Waals surface area contributed by atoms with Crippen LogP contribution in [0.1, 0.15) is 36.8 Å². The van der Waals surface area contributed by atoms with Crippen LogP contribution in [-0.2, 0) is 27.0 Å². The van der Waals surface area contributed by atoms with Gasteiger partial charge in [0.2, 0.25) is 15.9 Å². The number of carbonyl (C=O) groups is 1. The standard InChI is InChI=1S/C21H23FN2O3S/c22-18-7-5-15(6-8-18)14-28(26,27)23-19-9-10-20-17(13-19)11-12-24(20)21(25)16-3-1-2-4-16/h5-10,13,16,23H,1-4,11-12,14H2. The molecule has 1 fully saturated rings. The van der Waals surface area contributed by atoms with Crippen molar-refractivity contribution in [1.82, 2.24) is 0 Å². The summed E-state index contributed by atoms with van der Waals surface area (Å²) in [6, 6.07) is 10.7. The number of hydrogen-bond donors (Lipinski definition) is 1. The van der Waals surface area contributed by atoms with Crippen LogP contribution >= 0.6 is 0 Å². The molecule has 0 unspecified atom stereocenters. The van der Waals surface area contributed by atoms with Crippen LogP contribution in [0.5, 0.6) is 0 Å². The van der Waals surface area contributed by atoms with Crippen molar-refractivity contribution in [2.45, 2.75) is 37.9 Å². The number of nitrogens with one attached hydrogen (secondary N) is 1. The second-order valence-electron chi connectivity index (χ2n) is 7.55. The summed E-state index contributed by atoms with van der Waals surface area (Å²) in [5.74, 6) is -0.304. The smallest absolute Gasteiger partial charge is 0.236 e. The molecule has 0 radical (unpaired) electrons. The van der Waals surface area contributed by atoms with Crippen LogP contribution in [-0.4, -0.2) is 20.9 Å². The maximum Gasteiger partial charge on any atom is 0.236 e. The number of halogens is 1. The number of anilines is 2. The topological polar surface area (TPSA) is 66.5 Å².